The van der Waals surface area contributed by atoms with Crippen molar-refractivity contribution >= 4 is 12.0 Å². The number of hydrogen-bond donors (Lipinski definition) is 3. The maximum absolute atomic E-state index is 11.4. The molecule has 0 bridgehead atoms. The second kappa shape index (κ2) is 6.20. The van der Waals surface area contributed by atoms with Gasteiger partial charge in [0.2, 0.25) is 0 Å². The van der Waals surface area contributed by atoms with Gasteiger partial charge in [0.05, 0.1) is 0 Å². The monoisotopic (exact) mass is 203 g/mol. The third-order valence-corrected chi connectivity index (χ3v) is 1.55. The molecule has 0 aliphatic heterocycles. The first kappa shape index (κ1) is 12.7. The quantitative estimate of drug-likeness (QED) is 0.542. The minimum Gasteiger partial charge on any atom is -0.436 e. The third-order valence-electron chi connectivity index (χ3n) is 1.55. The minimum absolute atomic E-state index is 0.125. The first-order chi connectivity index (χ1) is 6.49. The molecule has 2 amide bonds. The van der Waals surface area contributed by atoms with Crippen molar-refractivity contribution in [2.45, 2.75) is 20.0 Å². The van der Waals surface area contributed by atoms with Crippen molar-refractivity contribution in [3.05, 3.63) is 0 Å². The van der Waals surface area contributed by atoms with Crippen molar-refractivity contribution in [1.29, 1.82) is 0 Å². The van der Waals surface area contributed by atoms with Crippen molar-refractivity contribution in [2.24, 2.45) is 17.4 Å². The normalized spacial score (nSPS) is 12.3. The zero-order chi connectivity index (χ0) is 11.1. The standard InChI is InChI=1S/C8H17N3O3/c1-5(2)6(14-8(10)13)7(12)11-4-3-9/h5-6H,3-4,9H2,1-2H3,(H2,10,13)(H,11,12)/t6-/m0/s1. The summed E-state index contributed by atoms with van der Waals surface area (Å²) in [6.45, 7) is 4.21. The summed E-state index contributed by atoms with van der Waals surface area (Å²) < 4.78 is 4.66. The first-order valence-corrected chi connectivity index (χ1v) is 4.43. The van der Waals surface area contributed by atoms with Gasteiger partial charge in [0, 0.05) is 13.1 Å². The van der Waals surface area contributed by atoms with Crippen LogP contribution in [0.15, 0.2) is 0 Å². The van der Waals surface area contributed by atoms with E-state index < -0.39 is 12.2 Å². The van der Waals surface area contributed by atoms with Gasteiger partial charge in [0.1, 0.15) is 0 Å². The molecule has 6 nitrogen and oxygen atoms in total. The van der Waals surface area contributed by atoms with Crippen molar-refractivity contribution in [3.8, 4) is 0 Å². The lowest BCUT2D eigenvalue weighted by molar-refractivity contribution is -0.131. The lowest BCUT2D eigenvalue weighted by Gasteiger charge is -2.19. The van der Waals surface area contributed by atoms with Gasteiger partial charge in [-0.2, -0.15) is 0 Å². The zero-order valence-corrected chi connectivity index (χ0v) is 8.45. The molecule has 0 spiro atoms. The second-order valence-corrected chi connectivity index (χ2v) is 3.18. The molecule has 6 heteroatoms. The number of rotatable bonds is 5. The van der Waals surface area contributed by atoms with Crippen LogP contribution in [0.4, 0.5) is 4.79 Å². The van der Waals surface area contributed by atoms with Gasteiger partial charge >= 0.3 is 6.09 Å². The smallest absolute Gasteiger partial charge is 0.405 e. The molecule has 0 unspecified atom stereocenters. The average molecular weight is 203 g/mol. The number of hydrogen-bond acceptors (Lipinski definition) is 4. The van der Waals surface area contributed by atoms with Gasteiger partial charge in [-0.1, -0.05) is 13.8 Å². The van der Waals surface area contributed by atoms with Crippen LogP contribution in [0.2, 0.25) is 0 Å². The molecule has 0 saturated heterocycles. The van der Waals surface area contributed by atoms with E-state index in [1.807, 2.05) is 0 Å². The number of nitrogens with one attached hydrogen (secondary N) is 1. The van der Waals surface area contributed by atoms with Gasteiger partial charge in [0.25, 0.3) is 5.91 Å². The summed E-state index contributed by atoms with van der Waals surface area (Å²) >= 11 is 0. The molecule has 0 rings (SSSR count). The highest BCUT2D eigenvalue weighted by molar-refractivity contribution is 5.83. The van der Waals surface area contributed by atoms with Crippen LogP contribution in [0.1, 0.15) is 13.8 Å². The Morgan fingerprint density at radius 3 is 2.36 bits per heavy atom. The van der Waals surface area contributed by atoms with Crippen molar-refractivity contribution < 1.29 is 14.3 Å². The van der Waals surface area contributed by atoms with Gasteiger partial charge in [-0.15, -0.1) is 0 Å². The van der Waals surface area contributed by atoms with Crippen LogP contribution in [0.5, 0.6) is 0 Å². The van der Waals surface area contributed by atoms with E-state index in [2.05, 4.69) is 10.1 Å². The molecule has 82 valence electrons. The van der Waals surface area contributed by atoms with E-state index in [1.54, 1.807) is 13.8 Å². The Bertz CT molecular complexity index is 206. The van der Waals surface area contributed by atoms with Crippen LogP contribution in [-0.2, 0) is 9.53 Å². The third kappa shape index (κ3) is 4.66. The van der Waals surface area contributed by atoms with Gasteiger partial charge in [-0.25, -0.2) is 4.79 Å². The Kier molecular flexibility index (Phi) is 5.62. The molecule has 0 aliphatic carbocycles. The Balaban J connectivity index is 4.19. The number of ether oxygens (including phenoxy) is 1. The molecule has 0 aromatic heterocycles. The van der Waals surface area contributed by atoms with Crippen molar-refractivity contribution in [2.75, 3.05) is 13.1 Å². The van der Waals surface area contributed by atoms with E-state index in [0.29, 0.717) is 13.1 Å². The van der Waals surface area contributed by atoms with Crippen LogP contribution >= 0.6 is 0 Å². The number of carbonyl (C=O) groups is 2. The molecule has 0 radical (unpaired) electrons. The lowest BCUT2D eigenvalue weighted by atomic mass is 10.1. The van der Waals surface area contributed by atoms with Crippen molar-refractivity contribution in [3.63, 3.8) is 0 Å². The molecule has 0 aromatic carbocycles. The van der Waals surface area contributed by atoms with Crippen LogP contribution in [0.25, 0.3) is 0 Å². The highest BCUT2D eigenvalue weighted by Gasteiger charge is 2.24. The fourth-order valence-corrected chi connectivity index (χ4v) is 0.913. The molecule has 14 heavy (non-hydrogen) atoms. The average Bonchev–Trinajstić information content (AvgIpc) is 2.09. The Morgan fingerprint density at radius 1 is 1.43 bits per heavy atom. The summed E-state index contributed by atoms with van der Waals surface area (Å²) in [6, 6.07) is 0. The first-order valence-electron chi connectivity index (χ1n) is 4.43. The number of amides is 2. The summed E-state index contributed by atoms with van der Waals surface area (Å²) in [5, 5.41) is 2.52. The molecule has 1 atom stereocenters. The number of primary amides is 1. The zero-order valence-electron chi connectivity index (χ0n) is 8.45. The second-order valence-electron chi connectivity index (χ2n) is 3.18. The molecular formula is C8H17N3O3. The topological polar surface area (TPSA) is 107 Å². The highest BCUT2D eigenvalue weighted by Crippen LogP contribution is 2.06. The summed E-state index contributed by atoms with van der Waals surface area (Å²) in [5.74, 6) is -0.496. The molecule has 0 saturated carbocycles. The van der Waals surface area contributed by atoms with Crippen LogP contribution in [0.3, 0.4) is 0 Å². The molecule has 0 heterocycles. The predicted octanol–water partition coefficient (Wildman–Crippen LogP) is -0.819. The van der Waals surface area contributed by atoms with Crippen molar-refractivity contribution in [1.82, 2.24) is 5.32 Å². The Labute approximate surface area is 83.0 Å². The summed E-state index contributed by atoms with van der Waals surface area (Å²) in [5.41, 5.74) is 10.0. The van der Waals surface area contributed by atoms with Gasteiger partial charge in [-0.05, 0) is 5.92 Å². The predicted molar refractivity (Wildman–Crippen MR) is 51.4 cm³/mol. The Morgan fingerprint density at radius 2 is 2.00 bits per heavy atom. The molecule has 5 N–H and O–H groups in total. The Hall–Kier alpha value is -1.30. The summed E-state index contributed by atoms with van der Waals surface area (Å²) in [7, 11) is 0. The minimum atomic E-state index is -0.952. The van der Waals surface area contributed by atoms with E-state index >= 15 is 0 Å². The van der Waals surface area contributed by atoms with Gasteiger partial charge in [-0.3, -0.25) is 4.79 Å². The fraction of sp³-hybridized carbons (Fsp3) is 0.750. The van der Waals surface area contributed by atoms with E-state index in [-0.39, 0.29) is 11.8 Å². The molecule has 0 aromatic rings. The summed E-state index contributed by atoms with van der Waals surface area (Å²) in [6.07, 6.45) is -1.80. The van der Waals surface area contributed by atoms with Gasteiger partial charge in [0.15, 0.2) is 6.10 Å². The van der Waals surface area contributed by atoms with Crippen LogP contribution in [0, 0.1) is 5.92 Å². The maximum Gasteiger partial charge on any atom is 0.405 e. The van der Waals surface area contributed by atoms with Gasteiger partial charge < -0.3 is 21.5 Å². The summed E-state index contributed by atoms with van der Waals surface area (Å²) in [4.78, 5) is 21.9. The van der Waals surface area contributed by atoms with E-state index in [0.717, 1.165) is 0 Å². The van der Waals surface area contributed by atoms with Crippen LogP contribution in [-0.4, -0.2) is 31.2 Å². The maximum atomic E-state index is 11.4. The van der Waals surface area contributed by atoms with E-state index in [9.17, 15) is 9.59 Å². The molecule has 0 fully saturated rings. The number of nitrogens with two attached hydrogens (primary N) is 2. The highest BCUT2D eigenvalue weighted by atomic mass is 16.6. The lowest BCUT2D eigenvalue weighted by Crippen LogP contribution is -2.43. The largest absolute Gasteiger partial charge is 0.436 e. The fourth-order valence-electron chi connectivity index (χ4n) is 0.913. The van der Waals surface area contributed by atoms with E-state index in [4.69, 9.17) is 11.5 Å². The SMILES string of the molecule is CC(C)[C@H](OC(N)=O)C(=O)NCCN. The number of carbonyl (C=O) groups excluding carboxylic acids is 2. The van der Waals surface area contributed by atoms with Crippen LogP contribution < -0.4 is 16.8 Å². The molecular weight excluding hydrogens is 186 g/mol. The molecule has 0 aliphatic rings. The van der Waals surface area contributed by atoms with E-state index in [1.165, 1.54) is 0 Å².